The summed E-state index contributed by atoms with van der Waals surface area (Å²) in [7, 11) is -3.56. The SMILES string of the molecule is CCCC1CCCN(S(=O)(=O)c2csc(C(=O)O)c2)CC1. The van der Waals surface area contributed by atoms with E-state index < -0.39 is 16.0 Å². The smallest absolute Gasteiger partial charge is 0.345 e. The van der Waals surface area contributed by atoms with E-state index in [9.17, 15) is 13.2 Å². The molecular weight excluding hydrogens is 310 g/mol. The molecule has 118 valence electrons. The predicted molar refractivity (Wildman–Crippen MR) is 82.3 cm³/mol. The highest BCUT2D eigenvalue weighted by molar-refractivity contribution is 7.89. The third-order valence-corrected chi connectivity index (χ3v) is 6.87. The first kappa shape index (κ1) is 16.5. The Balaban J connectivity index is 2.13. The summed E-state index contributed by atoms with van der Waals surface area (Å²) >= 11 is 0.957. The van der Waals surface area contributed by atoms with Gasteiger partial charge in [0.15, 0.2) is 0 Å². The van der Waals surface area contributed by atoms with Crippen molar-refractivity contribution in [2.75, 3.05) is 13.1 Å². The molecule has 1 fully saturated rings. The van der Waals surface area contributed by atoms with Crippen molar-refractivity contribution in [2.45, 2.75) is 43.9 Å². The van der Waals surface area contributed by atoms with Crippen LogP contribution in [-0.4, -0.2) is 36.9 Å². The Kier molecular flexibility index (Phi) is 5.40. The number of carboxylic acids is 1. The number of aromatic carboxylic acids is 1. The van der Waals surface area contributed by atoms with Gasteiger partial charge < -0.3 is 5.11 Å². The Morgan fingerprint density at radius 2 is 2.19 bits per heavy atom. The van der Waals surface area contributed by atoms with Crippen LogP contribution in [0.15, 0.2) is 16.3 Å². The van der Waals surface area contributed by atoms with Gasteiger partial charge in [0.25, 0.3) is 0 Å². The lowest BCUT2D eigenvalue weighted by atomic mass is 9.96. The van der Waals surface area contributed by atoms with E-state index in [0.717, 1.165) is 43.4 Å². The number of hydrogen-bond donors (Lipinski definition) is 1. The minimum absolute atomic E-state index is 0.0623. The molecule has 21 heavy (non-hydrogen) atoms. The summed E-state index contributed by atoms with van der Waals surface area (Å²) in [5.41, 5.74) is 0. The maximum Gasteiger partial charge on any atom is 0.345 e. The quantitative estimate of drug-likeness (QED) is 0.900. The molecular formula is C14H21NO4S2. The Labute approximate surface area is 129 Å². The molecule has 1 aromatic rings. The maximum absolute atomic E-state index is 12.6. The third-order valence-electron chi connectivity index (χ3n) is 3.93. The fourth-order valence-corrected chi connectivity index (χ4v) is 5.38. The Morgan fingerprint density at radius 3 is 2.81 bits per heavy atom. The van der Waals surface area contributed by atoms with E-state index in [4.69, 9.17) is 5.11 Å². The first-order chi connectivity index (χ1) is 9.95. The molecule has 1 unspecified atom stereocenters. The topological polar surface area (TPSA) is 74.7 Å². The average Bonchev–Trinajstić information content (AvgIpc) is 2.82. The second-order valence-corrected chi connectivity index (χ2v) is 8.29. The molecule has 1 N–H and O–H groups in total. The monoisotopic (exact) mass is 331 g/mol. The number of nitrogens with zero attached hydrogens (tertiary/aromatic N) is 1. The van der Waals surface area contributed by atoms with Gasteiger partial charge >= 0.3 is 5.97 Å². The third kappa shape index (κ3) is 3.84. The minimum atomic E-state index is -3.56. The number of carboxylic acid groups (broad SMARTS) is 1. The number of thiophene rings is 1. The van der Waals surface area contributed by atoms with Crippen molar-refractivity contribution in [3.05, 3.63) is 16.3 Å². The molecule has 0 bridgehead atoms. The maximum atomic E-state index is 12.6. The van der Waals surface area contributed by atoms with Crippen LogP contribution in [0.2, 0.25) is 0 Å². The predicted octanol–water partition coefficient (Wildman–Crippen LogP) is 3.04. The average molecular weight is 331 g/mol. The fourth-order valence-electron chi connectivity index (χ4n) is 2.79. The van der Waals surface area contributed by atoms with E-state index in [0.29, 0.717) is 19.0 Å². The first-order valence-corrected chi connectivity index (χ1v) is 9.59. The number of sulfonamides is 1. The van der Waals surface area contributed by atoms with Crippen LogP contribution in [0, 0.1) is 5.92 Å². The Bertz CT molecular complexity index is 594. The lowest BCUT2D eigenvalue weighted by molar-refractivity contribution is 0.0702. The van der Waals surface area contributed by atoms with Gasteiger partial charge in [-0.15, -0.1) is 11.3 Å². The lowest BCUT2D eigenvalue weighted by Crippen LogP contribution is -2.31. The van der Waals surface area contributed by atoms with Gasteiger partial charge in [-0.2, -0.15) is 4.31 Å². The van der Waals surface area contributed by atoms with Crippen molar-refractivity contribution in [3.63, 3.8) is 0 Å². The zero-order valence-corrected chi connectivity index (χ0v) is 13.8. The zero-order valence-electron chi connectivity index (χ0n) is 12.1. The van der Waals surface area contributed by atoms with Gasteiger partial charge in [-0.1, -0.05) is 19.8 Å². The van der Waals surface area contributed by atoms with Crippen molar-refractivity contribution >= 4 is 27.3 Å². The summed E-state index contributed by atoms with van der Waals surface area (Å²) in [4.78, 5) is 11.1. The van der Waals surface area contributed by atoms with Crippen molar-refractivity contribution < 1.29 is 18.3 Å². The van der Waals surface area contributed by atoms with Gasteiger partial charge in [0, 0.05) is 18.5 Å². The molecule has 0 amide bonds. The fraction of sp³-hybridized carbons (Fsp3) is 0.643. The summed E-state index contributed by atoms with van der Waals surface area (Å²) in [5.74, 6) is -0.479. The largest absolute Gasteiger partial charge is 0.477 e. The molecule has 1 saturated heterocycles. The van der Waals surface area contributed by atoms with Crippen molar-refractivity contribution in [1.82, 2.24) is 4.31 Å². The van der Waals surface area contributed by atoms with E-state index in [2.05, 4.69) is 6.92 Å². The zero-order chi connectivity index (χ0) is 15.5. The minimum Gasteiger partial charge on any atom is -0.477 e. The molecule has 7 heteroatoms. The molecule has 0 radical (unpaired) electrons. The van der Waals surface area contributed by atoms with Gasteiger partial charge in [-0.3, -0.25) is 0 Å². The summed E-state index contributed by atoms with van der Waals surface area (Å²) in [5, 5.41) is 10.3. The van der Waals surface area contributed by atoms with Crippen LogP contribution < -0.4 is 0 Å². The van der Waals surface area contributed by atoms with E-state index in [-0.39, 0.29) is 9.77 Å². The molecule has 1 aliphatic rings. The molecule has 1 aromatic heterocycles. The Morgan fingerprint density at radius 1 is 1.43 bits per heavy atom. The molecule has 0 aliphatic carbocycles. The summed E-state index contributed by atoms with van der Waals surface area (Å²) in [6.07, 6.45) is 5.12. The van der Waals surface area contributed by atoms with Gasteiger partial charge in [-0.05, 0) is 31.2 Å². The first-order valence-electron chi connectivity index (χ1n) is 7.27. The van der Waals surface area contributed by atoms with E-state index in [1.54, 1.807) is 0 Å². The van der Waals surface area contributed by atoms with Crippen LogP contribution in [0.3, 0.4) is 0 Å². The van der Waals surface area contributed by atoms with E-state index >= 15 is 0 Å². The van der Waals surface area contributed by atoms with Gasteiger partial charge in [0.2, 0.25) is 10.0 Å². The number of hydrogen-bond acceptors (Lipinski definition) is 4. The molecule has 1 atom stereocenters. The molecule has 0 saturated carbocycles. The number of rotatable bonds is 5. The second-order valence-electron chi connectivity index (χ2n) is 5.44. The van der Waals surface area contributed by atoms with Crippen LogP contribution in [-0.2, 0) is 10.0 Å². The molecule has 0 spiro atoms. The van der Waals surface area contributed by atoms with Gasteiger partial charge in [0.05, 0.1) is 4.90 Å². The summed E-state index contributed by atoms with van der Waals surface area (Å²) in [6, 6.07) is 1.26. The van der Waals surface area contributed by atoms with Crippen molar-refractivity contribution in [1.29, 1.82) is 0 Å². The highest BCUT2D eigenvalue weighted by atomic mass is 32.2. The van der Waals surface area contributed by atoms with Gasteiger partial charge in [0.1, 0.15) is 4.88 Å². The summed E-state index contributed by atoms with van der Waals surface area (Å²) < 4.78 is 26.7. The van der Waals surface area contributed by atoms with E-state index in [1.807, 2.05) is 0 Å². The highest BCUT2D eigenvalue weighted by Crippen LogP contribution is 2.27. The van der Waals surface area contributed by atoms with Crippen LogP contribution in [0.5, 0.6) is 0 Å². The van der Waals surface area contributed by atoms with Crippen LogP contribution >= 0.6 is 11.3 Å². The van der Waals surface area contributed by atoms with E-state index in [1.165, 1.54) is 15.8 Å². The second kappa shape index (κ2) is 6.89. The van der Waals surface area contributed by atoms with Gasteiger partial charge in [-0.25, -0.2) is 13.2 Å². The normalized spacial score (nSPS) is 21.1. The lowest BCUT2D eigenvalue weighted by Gasteiger charge is -2.19. The molecule has 0 aromatic carbocycles. The molecule has 2 rings (SSSR count). The van der Waals surface area contributed by atoms with Crippen LogP contribution in [0.1, 0.15) is 48.7 Å². The highest BCUT2D eigenvalue weighted by Gasteiger charge is 2.28. The Hall–Kier alpha value is -0.920. The van der Waals surface area contributed by atoms with Crippen LogP contribution in [0.4, 0.5) is 0 Å². The standard InChI is InChI=1S/C14H21NO4S2/c1-2-4-11-5-3-7-15(8-6-11)21(18,19)12-9-13(14(16)17)20-10-12/h9-11H,2-8H2,1H3,(H,16,17). The van der Waals surface area contributed by atoms with Crippen LogP contribution in [0.25, 0.3) is 0 Å². The molecule has 1 aliphatic heterocycles. The molecule has 2 heterocycles. The number of carbonyl (C=O) groups is 1. The summed E-state index contributed by atoms with van der Waals surface area (Å²) in [6.45, 7) is 3.21. The van der Waals surface area contributed by atoms with Crippen molar-refractivity contribution in [3.8, 4) is 0 Å². The molecule has 5 nitrogen and oxygen atoms in total. The van der Waals surface area contributed by atoms with Crippen molar-refractivity contribution in [2.24, 2.45) is 5.92 Å².